The molecule has 2 fully saturated rings. The van der Waals surface area contributed by atoms with Crippen molar-refractivity contribution in [1.82, 2.24) is 10.2 Å². The van der Waals surface area contributed by atoms with Gasteiger partial charge in [-0.15, -0.1) is 0 Å². The molecular weight excluding hydrogens is 148 g/mol. The summed E-state index contributed by atoms with van der Waals surface area (Å²) in [6.45, 7) is 7.36. The maximum Gasteiger partial charge on any atom is 0.0218 e. The van der Waals surface area contributed by atoms with Gasteiger partial charge in [0.1, 0.15) is 0 Å². The molecule has 12 heavy (non-hydrogen) atoms. The van der Waals surface area contributed by atoms with E-state index in [1.54, 1.807) is 0 Å². The normalized spacial score (nSPS) is 32.2. The van der Waals surface area contributed by atoms with Gasteiger partial charge in [-0.1, -0.05) is 6.92 Å². The van der Waals surface area contributed by atoms with E-state index in [9.17, 15) is 0 Å². The monoisotopic (exact) mass is 168 g/mol. The van der Waals surface area contributed by atoms with Crippen molar-refractivity contribution in [3.8, 4) is 0 Å². The van der Waals surface area contributed by atoms with Gasteiger partial charge in [-0.25, -0.2) is 0 Å². The molecule has 1 aliphatic carbocycles. The standard InChI is InChI=1S/C10H20N2/c1-2-10-7-11-5-6-12(10)8-9-3-4-9/h9-11H,2-8H2,1H3. The summed E-state index contributed by atoms with van der Waals surface area (Å²) in [7, 11) is 0. The third-order valence-electron chi connectivity index (χ3n) is 3.13. The molecule has 0 aromatic rings. The highest BCUT2D eigenvalue weighted by atomic mass is 15.2. The Morgan fingerprint density at radius 3 is 2.92 bits per heavy atom. The van der Waals surface area contributed by atoms with E-state index in [2.05, 4.69) is 17.1 Å². The fraction of sp³-hybridized carbons (Fsp3) is 1.00. The van der Waals surface area contributed by atoms with Crippen molar-refractivity contribution in [2.24, 2.45) is 5.92 Å². The summed E-state index contributed by atoms with van der Waals surface area (Å²) < 4.78 is 0. The number of piperazine rings is 1. The average molecular weight is 168 g/mol. The lowest BCUT2D eigenvalue weighted by Gasteiger charge is -2.35. The summed E-state index contributed by atoms with van der Waals surface area (Å²) >= 11 is 0. The van der Waals surface area contributed by atoms with Gasteiger partial charge in [0.15, 0.2) is 0 Å². The molecule has 0 amide bonds. The third-order valence-corrected chi connectivity index (χ3v) is 3.13. The Balaban J connectivity index is 1.81. The molecule has 1 heterocycles. The topological polar surface area (TPSA) is 15.3 Å². The smallest absolute Gasteiger partial charge is 0.0218 e. The second kappa shape index (κ2) is 3.75. The Morgan fingerprint density at radius 2 is 2.25 bits per heavy atom. The zero-order valence-electron chi connectivity index (χ0n) is 8.05. The second-order valence-electron chi connectivity index (χ2n) is 4.20. The summed E-state index contributed by atoms with van der Waals surface area (Å²) in [5.41, 5.74) is 0. The van der Waals surface area contributed by atoms with Gasteiger partial charge in [-0.05, 0) is 25.2 Å². The average Bonchev–Trinajstić information content (AvgIpc) is 2.89. The van der Waals surface area contributed by atoms with E-state index in [4.69, 9.17) is 0 Å². The predicted octanol–water partition coefficient (Wildman–Crippen LogP) is 1.08. The molecule has 1 aliphatic heterocycles. The van der Waals surface area contributed by atoms with Crippen LogP contribution in [0.4, 0.5) is 0 Å². The summed E-state index contributed by atoms with van der Waals surface area (Å²) in [6.07, 6.45) is 4.28. The van der Waals surface area contributed by atoms with E-state index in [-0.39, 0.29) is 0 Å². The van der Waals surface area contributed by atoms with Crippen LogP contribution < -0.4 is 5.32 Å². The lowest BCUT2D eigenvalue weighted by atomic mass is 10.1. The molecule has 2 nitrogen and oxygen atoms in total. The molecule has 0 radical (unpaired) electrons. The van der Waals surface area contributed by atoms with E-state index in [0.717, 1.165) is 12.0 Å². The molecule has 70 valence electrons. The van der Waals surface area contributed by atoms with Crippen molar-refractivity contribution < 1.29 is 0 Å². The molecule has 1 N–H and O–H groups in total. The van der Waals surface area contributed by atoms with Crippen molar-refractivity contribution >= 4 is 0 Å². The van der Waals surface area contributed by atoms with Crippen LogP contribution in [0.3, 0.4) is 0 Å². The largest absolute Gasteiger partial charge is 0.314 e. The minimum absolute atomic E-state index is 0.819. The number of hydrogen-bond donors (Lipinski definition) is 1. The first-order valence-electron chi connectivity index (χ1n) is 5.35. The van der Waals surface area contributed by atoms with Gasteiger partial charge in [0.2, 0.25) is 0 Å². The minimum Gasteiger partial charge on any atom is -0.314 e. The van der Waals surface area contributed by atoms with Crippen molar-refractivity contribution in [1.29, 1.82) is 0 Å². The van der Waals surface area contributed by atoms with Crippen molar-refractivity contribution in [2.45, 2.75) is 32.2 Å². The number of hydrogen-bond acceptors (Lipinski definition) is 2. The van der Waals surface area contributed by atoms with Crippen molar-refractivity contribution in [3.05, 3.63) is 0 Å². The van der Waals surface area contributed by atoms with Crippen LogP contribution in [-0.4, -0.2) is 37.1 Å². The number of nitrogens with one attached hydrogen (secondary N) is 1. The van der Waals surface area contributed by atoms with E-state index in [1.807, 2.05) is 0 Å². The quantitative estimate of drug-likeness (QED) is 0.678. The Bertz CT molecular complexity index is 143. The maximum atomic E-state index is 3.47. The summed E-state index contributed by atoms with van der Waals surface area (Å²) in [5.74, 6) is 1.05. The van der Waals surface area contributed by atoms with E-state index in [1.165, 1.54) is 45.4 Å². The van der Waals surface area contributed by atoms with Gasteiger partial charge in [-0.3, -0.25) is 4.90 Å². The summed E-state index contributed by atoms with van der Waals surface area (Å²) in [4.78, 5) is 2.69. The molecule has 1 unspecified atom stereocenters. The van der Waals surface area contributed by atoms with E-state index >= 15 is 0 Å². The molecule has 0 aromatic carbocycles. The van der Waals surface area contributed by atoms with Crippen LogP contribution in [0.1, 0.15) is 26.2 Å². The van der Waals surface area contributed by atoms with Crippen LogP contribution in [0.2, 0.25) is 0 Å². The highest BCUT2D eigenvalue weighted by Crippen LogP contribution is 2.30. The van der Waals surface area contributed by atoms with Crippen LogP contribution in [0.5, 0.6) is 0 Å². The summed E-state index contributed by atoms with van der Waals surface area (Å²) in [5, 5.41) is 3.47. The van der Waals surface area contributed by atoms with Crippen LogP contribution in [0.15, 0.2) is 0 Å². The van der Waals surface area contributed by atoms with Gasteiger partial charge < -0.3 is 5.32 Å². The fourth-order valence-corrected chi connectivity index (χ4v) is 2.08. The van der Waals surface area contributed by atoms with E-state index in [0.29, 0.717) is 0 Å². The molecule has 1 atom stereocenters. The molecule has 1 saturated heterocycles. The molecule has 0 bridgehead atoms. The SMILES string of the molecule is CCC1CNCCN1CC1CC1. The lowest BCUT2D eigenvalue weighted by Crippen LogP contribution is -2.51. The first-order chi connectivity index (χ1) is 5.90. The highest BCUT2D eigenvalue weighted by molar-refractivity contribution is 4.84. The lowest BCUT2D eigenvalue weighted by molar-refractivity contribution is 0.150. The zero-order valence-corrected chi connectivity index (χ0v) is 8.05. The Hall–Kier alpha value is -0.0800. The minimum atomic E-state index is 0.819. The molecule has 2 heteroatoms. The van der Waals surface area contributed by atoms with Crippen LogP contribution in [0, 0.1) is 5.92 Å². The zero-order chi connectivity index (χ0) is 8.39. The molecule has 0 aromatic heterocycles. The summed E-state index contributed by atoms with van der Waals surface area (Å²) in [6, 6.07) is 0.819. The Morgan fingerprint density at radius 1 is 1.42 bits per heavy atom. The molecule has 1 saturated carbocycles. The first kappa shape index (κ1) is 8.52. The number of nitrogens with zero attached hydrogens (tertiary/aromatic N) is 1. The maximum absolute atomic E-state index is 3.47. The number of rotatable bonds is 3. The van der Waals surface area contributed by atoms with Crippen LogP contribution in [0.25, 0.3) is 0 Å². The third kappa shape index (κ3) is 1.99. The van der Waals surface area contributed by atoms with E-state index < -0.39 is 0 Å². The van der Waals surface area contributed by atoms with Crippen LogP contribution in [-0.2, 0) is 0 Å². The Kier molecular flexibility index (Phi) is 2.66. The molecule has 0 spiro atoms. The predicted molar refractivity (Wildman–Crippen MR) is 51.2 cm³/mol. The molecule has 2 rings (SSSR count). The van der Waals surface area contributed by atoms with Crippen LogP contribution >= 0.6 is 0 Å². The van der Waals surface area contributed by atoms with Gasteiger partial charge in [0, 0.05) is 32.2 Å². The fourth-order valence-electron chi connectivity index (χ4n) is 2.08. The van der Waals surface area contributed by atoms with Crippen molar-refractivity contribution in [3.63, 3.8) is 0 Å². The molecular formula is C10H20N2. The second-order valence-corrected chi connectivity index (χ2v) is 4.20. The highest BCUT2D eigenvalue weighted by Gasteiger charge is 2.28. The van der Waals surface area contributed by atoms with Gasteiger partial charge >= 0.3 is 0 Å². The van der Waals surface area contributed by atoms with Gasteiger partial charge in [-0.2, -0.15) is 0 Å². The Labute approximate surface area is 75.3 Å². The molecule has 2 aliphatic rings. The van der Waals surface area contributed by atoms with Gasteiger partial charge in [0.25, 0.3) is 0 Å². The van der Waals surface area contributed by atoms with Crippen molar-refractivity contribution in [2.75, 3.05) is 26.2 Å². The first-order valence-corrected chi connectivity index (χ1v) is 5.35. The van der Waals surface area contributed by atoms with Gasteiger partial charge in [0.05, 0.1) is 0 Å².